The topological polar surface area (TPSA) is 26.3 Å². The Morgan fingerprint density at radius 3 is 2.24 bits per heavy atom. The number of fused-ring (bicyclic) bond motifs is 1. The van der Waals surface area contributed by atoms with Crippen molar-refractivity contribution in [3.05, 3.63) is 84.4 Å². The second-order valence-electron chi connectivity index (χ2n) is 4.65. The lowest BCUT2D eigenvalue weighted by Gasteiger charge is -2.09. The summed E-state index contributed by atoms with van der Waals surface area (Å²) in [5, 5.41) is 1.87. The SMILES string of the molecule is C=Cc1ccc(C(=O)Oc2ccccc2)c2ccccc12. The maximum Gasteiger partial charge on any atom is 0.344 e. The molecule has 0 heterocycles. The average Bonchev–Trinajstić information content (AvgIpc) is 2.54. The summed E-state index contributed by atoms with van der Waals surface area (Å²) in [5.74, 6) is 0.187. The van der Waals surface area contributed by atoms with Gasteiger partial charge in [-0.25, -0.2) is 4.79 Å². The van der Waals surface area contributed by atoms with Crippen LogP contribution >= 0.6 is 0 Å². The number of para-hydroxylation sites is 1. The van der Waals surface area contributed by atoms with Crippen molar-refractivity contribution in [3.8, 4) is 5.75 Å². The standard InChI is InChI=1S/C19H14O2/c1-2-14-12-13-18(17-11-7-6-10-16(14)17)19(20)21-15-8-4-3-5-9-15/h2-13H,1H2. The van der Waals surface area contributed by atoms with Crippen molar-refractivity contribution in [1.29, 1.82) is 0 Å². The van der Waals surface area contributed by atoms with E-state index in [9.17, 15) is 4.79 Å². The summed E-state index contributed by atoms with van der Waals surface area (Å²) < 4.78 is 5.42. The number of carbonyl (C=O) groups excluding carboxylic acids is 1. The molecule has 0 aliphatic heterocycles. The van der Waals surface area contributed by atoms with Gasteiger partial charge in [0.05, 0.1) is 5.56 Å². The Bertz CT molecular complexity index is 804. The zero-order chi connectivity index (χ0) is 14.7. The van der Waals surface area contributed by atoms with E-state index in [1.54, 1.807) is 24.3 Å². The smallest absolute Gasteiger partial charge is 0.344 e. The van der Waals surface area contributed by atoms with Crippen LogP contribution in [0.15, 0.2) is 73.3 Å². The highest BCUT2D eigenvalue weighted by Gasteiger charge is 2.13. The Balaban J connectivity index is 2.05. The van der Waals surface area contributed by atoms with Gasteiger partial charge in [0.15, 0.2) is 0 Å². The fourth-order valence-corrected chi connectivity index (χ4v) is 2.33. The Morgan fingerprint density at radius 2 is 1.52 bits per heavy atom. The van der Waals surface area contributed by atoms with Crippen LogP contribution in [-0.4, -0.2) is 5.97 Å². The molecule has 3 aromatic carbocycles. The normalized spacial score (nSPS) is 10.3. The molecule has 0 aliphatic carbocycles. The molecule has 0 amide bonds. The van der Waals surface area contributed by atoms with E-state index in [2.05, 4.69) is 6.58 Å². The van der Waals surface area contributed by atoms with E-state index >= 15 is 0 Å². The van der Waals surface area contributed by atoms with Gasteiger partial charge in [0.25, 0.3) is 0 Å². The van der Waals surface area contributed by atoms with Crippen LogP contribution in [-0.2, 0) is 0 Å². The lowest BCUT2D eigenvalue weighted by molar-refractivity contribution is 0.0737. The van der Waals surface area contributed by atoms with Crippen LogP contribution in [0, 0.1) is 0 Å². The van der Waals surface area contributed by atoms with Gasteiger partial charge in [-0.1, -0.05) is 61.2 Å². The molecule has 0 radical (unpaired) electrons. The molecule has 102 valence electrons. The number of rotatable bonds is 3. The number of esters is 1. The molecule has 0 saturated heterocycles. The third kappa shape index (κ3) is 2.56. The first-order chi connectivity index (χ1) is 10.3. The number of hydrogen-bond acceptors (Lipinski definition) is 2. The molecule has 2 nitrogen and oxygen atoms in total. The van der Waals surface area contributed by atoms with Gasteiger partial charge in [0, 0.05) is 0 Å². The van der Waals surface area contributed by atoms with Gasteiger partial charge in [0.2, 0.25) is 0 Å². The van der Waals surface area contributed by atoms with E-state index in [0.717, 1.165) is 16.3 Å². The maximum absolute atomic E-state index is 12.4. The first kappa shape index (κ1) is 13.1. The third-order valence-corrected chi connectivity index (χ3v) is 3.35. The average molecular weight is 274 g/mol. The molecule has 3 aromatic rings. The second kappa shape index (κ2) is 5.63. The van der Waals surface area contributed by atoms with Gasteiger partial charge < -0.3 is 4.74 Å². The van der Waals surface area contributed by atoms with Gasteiger partial charge >= 0.3 is 5.97 Å². The van der Waals surface area contributed by atoms with E-state index in [1.165, 1.54) is 0 Å². The Labute approximate surface area is 123 Å². The lowest BCUT2D eigenvalue weighted by Crippen LogP contribution is -2.09. The minimum Gasteiger partial charge on any atom is -0.423 e. The molecule has 0 unspecified atom stereocenters. The predicted octanol–water partition coefficient (Wildman–Crippen LogP) is 4.70. The van der Waals surface area contributed by atoms with Crippen molar-refractivity contribution >= 4 is 22.8 Å². The monoisotopic (exact) mass is 274 g/mol. The molecule has 0 bridgehead atoms. The zero-order valence-corrected chi connectivity index (χ0v) is 11.5. The summed E-state index contributed by atoms with van der Waals surface area (Å²) in [6, 6.07) is 20.5. The Morgan fingerprint density at radius 1 is 0.857 bits per heavy atom. The second-order valence-corrected chi connectivity index (χ2v) is 4.65. The van der Waals surface area contributed by atoms with Crippen LogP contribution in [0.2, 0.25) is 0 Å². The molecular formula is C19H14O2. The van der Waals surface area contributed by atoms with E-state index < -0.39 is 0 Å². The highest BCUT2D eigenvalue weighted by atomic mass is 16.5. The molecule has 0 atom stereocenters. The summed E-state index contributed by atoms with van der Waals surface area (Å²) in [7, 11) is 0. The van der Waals surface area contributed by atoms with Gasteiger partial charge in [-0.05, 0) is 34.5 Å². The molecule has 2 heteroatoms. The molecule has 0 saturated carbocycles. The van der Waals surface area contributed by atoms with Gasteiger partial charge in [-0.3, -0.25) is 0 Å². The lowest BCUT2D eigenvalue weighted by atomic mass is 9.99. The van der Waals surface area contributed by atoms with E-state index in [0.29, 0.717) is 11.3 Å². The molecule has 21 heavy (non-hydrogen) atoms. The molecule has 3 rings (SSSR count). The van der Waals surface area contributed by atoms with Crippen LogP contribution in [0.4, 0.5) is 0 Å². The maximum atomic E-state index is 12.4. The molecule has 0 fully saturated rings. The van der Waals surface area contributed by atoms with Gasteiger partial charge in [-0.15, -0.1) is 0 Å². The highest BCUT2D eigenvalue weighted by Crippen LogP contribution is 2.25. The van der Waals surface area contributed by atoms with Crippen molar-refractivity contribution in [2.24, 2.45) is 0 Å². The number of hydrogen-bond donors (Lipinski definition) is 0. The van der Waals surface area contributed by atoms with E-state index in [-0.39, 0.29) is 5.97 Å². The fourth-order valence-electron chi connectivity index (χ4n) is 2.33. The minimum atomic E-state index is -0.354. The molecular weight excluding hydrogens is 260 g/mol. The van der Waals surface area contributed by atoms with E-state index in [4.69, 9.17) is 4.74 Å². The summed E-state index contributed by atoms with van der Waals surface area (Å²) in [5.41, 5.74) is 1.56. The number of ether oxygens (including phenoxy) is 1. The minimum absolute atomic E-state index is 0.354. The van der Waals surface area contributed by atoms with Crippen molar-refractivity contribution in [1.82, 2.24) is 0 Å². The van der Waals surface area contributed by atoms with Crippen molar-refractivity contribution in [2.75, 3.05) is 0 Å². The fraction of sp³-hybridized carbons (Fsp3) is 0. The molecule has 0 aromatic heterocycles. The first-order valence-corrected chi connectivity index (χ1v) is 6.71. The van der Waals surface area contributed by atoms with Gasteiger partial charge in [0.1, 0.15) is 5.75 Å². The van der Waals surface area contributed by atoms with Crippen molar-refractivity contribution in [3.63, 3.8) is 0 Å². The van der Waals surface area contributed by atoms with Crippen molar-refractivity contribution < 1.29 is 9.53 Å². The molecule has 0 spiro atoms. The highest BCUT2D eigenvalue weighted by molar-refractivity contribution is 6.07. The van der Waals surface area contributed by atoms with E-state index in [1.807, 2.05) is 48.5 Å². The van der Waals surface area contributed by atoms with Crippen LogP contribution in [0.3, 0.4) is 0 Å². The van der Waals surface area contributed by atoms with Crippen LogP contribution in [0.1, 0.15) is 15.9 Å². The number of carbonyl (C=O) groups is 1. The molecule has 0 N–H and O–H groups in total. The summed E-state index contributed by atoms with van der Waals surface area (Å²) in [6.45, 7) is 3.81. The first-order valence-electron chi connectivity index (χ1n) is 6.71. The quantitative estimate of drug-likeness (QED) is 0.511. The predicted molar refractivity (Wildman–Crippen MR) is 85.4 cm³/mol. The van der Waals surface area contributed by atoms with Gasteiger partial charge in [-0.2, -0.15) is 0 Å². The third-order valence-electron chi connectivity index (χ3n) is 3.35. The van der Waals surface area contributed by atoms with Crippen LogP contribution in [0.25, 0.3) is 16.8 Å². The molecule has 0 aliphatic rings. The summed E-state index contributed by atoms with van der Waals surface area (Å²) in [6.07, 6.45) is 1.79. The summed E-state index contributed by atoms with van der Waals surface area (Å²) >= 11 is 0. The Hall–Kier alpha value is -2.87. The zero-order valence-electron chi connectivity index (χ0n) is 11.5. The largest absolute Gasteiger partial charge is 0.423 e. The number of benzene rings is 3. The van der Waals surface area contributed by atoms with Crippen LogP contribution < -0.4 is 4.74 Å². The van der Waals surface area contributed by atoms with Crippen LogP contribution in [0.5, 0.6) is 5.75 Å². The van der Waals surface area contributed by atoms with Crippen molar-refractivity contribution in [2.45, 2.75) is 0 Å². The Kier molecular flexibility index (Phi) is 3.52. The summed E-state index contributed by atoms with van der Waals surface area (Å²) in [4.78, 5) is 12.4.